The van der Waals surface area contributed by atoms with Gasteiger partial charge >= 0.3 is 0 Å². The third-order valence-electron chi connectivity index (χ3n) is 3.72. The van der Waals surface area contributed by atoms with E-state index in [1.807, 2.05) is 37.3 Å². The van der Waals surface area contributed by atoms with Gasteiger partial charge in [-0.05, 0) is 19.1 Å². The van der Waals surface area contributed by atoms with Crippen LogP contribution in [0.5, 0.6) is 0 Å². The normalized spacial score (nSPS) is 10.5. The van der Waals surface area contributed by atoms with Gasteiger partial charge in [0.05, 0.1) is 17.2 Å². The van der Waals surface area contributed by atoms with E-state index in [-0.39, 0.29) is 22.8 Å². The van der Waals surface area contributed by atoms with Gasteiger partial charge in [-0.3, -0.25) is 14.9 Å². The van der Waals surface area contributed by atoms with Gasteiger partial charge in [-0.15, -0.1) is 11.3 Å². The number of amides is 1. The summed E-state index contributed by atoms with van der Waals surface area (Å²) in [6, 6.07) is 13.6. The monoisotopic (exact) mass is 387 g/mol. The number of rotatable bonds is 5. The Morgan fingerprint density at radius 3 is 2.69 bits per heavy atom. The van der Waals surface area contributed by atoms with E-state index in [9.17, 15) is 14.9 Å². The van der Waals surface area contributed by atoms with Crippen molar-refractivity contribution < 1.29 is 9.72 Å². The molecule has 8 heteroatoms. The zero-order chi connectivity index (χ0) is 18.7. The average Bonchev–Trinajstić information content (AvgIpc) is 3.01. The van der Waals surface area contributed by atoms with E-state index in [1.54, 1.807) is 0 Å². The molecule has 0 saturated carbocycles. The Hall–Kier alpha value is -2.77. The fourth-order valence-electron chi connectivity index (χ4n) is 2.40. The van der Waals surface area contributed by atoms with Crippen LogP contribution in [0.3, 0.4) is 0 Å². The summed E-state index contributed by atoms with van der Waals surface area (Å²) in [4.78, 5) is 28.3. The lowest BCUT2D eigenvalue weighted by Gasteiger charge is -2.05. The molecule has 0 aliphatic heterocycles. The molecule has 0 aliphatic rings. The maximum Gasteiger partial charge on any atom is 0.282 e. The van der Waals surface area contributed by atoms with Crippen LogP contribution in [0.15, 0.2) is 48.5 Å². The van der Waals surface area contributed by atoms with Crippen LogP contribution in [0.4, 0.5) is 5.69 Å². The number of carbonyl (C=O) groups excluding carboxylic acids is 1. The van der Waals surface area contributed by atoms with E-state index in [0.717, 1.165) is 21.1 Å². The zero-order valence-electron chi connectivity index (χ0n) is 13.7. The molecule has 0 spiro atoms. The third kappa shape index (κ3) is 3.89. The van der Waals surface area contributed by atoms with Gasteiger partial charge in [-0.25, -0.2) is 4.98 Å². The van der Waals surface area contributed by atoms with Crippen molar-refractivity contribution in [3.8, 4) is 10.6 Å². The number of aryl methyl sites for hydroxylation is 1. The predicted molar refractivity (Wildman–Crippen MR) is 102 cm³/mol. The highest BCUT2D eigenvalue weighted by Gasteiger charge is 2.21. The van der Waals surface area contributed by atoms with Gasteiger partial charge in [0.1, 0.15) is 10.6 Å². The molecule has 3 rings (SSSR count). The third-order valence-corrected chi connectivity index (χ3v) is 5.16. The Balaban J connectivity index is 1.78. The Kier molecular flexibility index (Phi) is 5.29. The second-order valence-corrected chi connectivity index (χ2v) is 7.01. The molecule has 0 fully saturated rings. The molecule has 26 heavy (non-hydrogen) atoms. The van der Waals surface area contributed by atoms with Gasteiger partial charge in [0.25, 0.3) is 11.6 Å². The first kappa shape index (κ1) is 18.0. The minimum atomic E-state index is -0.600. The molecule has 1 amide bonds. The smallest absolute Gasteiger partial charge is 0.282 e. The molecule has 1 N–H and O–H groups in total. The number of nitrogens with zero attached hydrogens (tertiary/aromatic N) is 2. The highest BCUT2D eigenvalue weighted by atomic mass is 35.5. The van der Waals surface area contributed by atoms with Gasteiger partial charge in [0.2, 0.25) is 0 Å². The van der Waals surface area contributed by atoms with Crippen LogP contribution in [-0.4, -0.2) is 15.8 Å². The highest BCUT2D eigenvalue weighted by Crippen LogP contribution is 2.28. The predicted octanol–water partition coefficient (Wildman–Crippen LogP) is 4.61. The molecule has 0 saturated heterocycles. The maximum absolute atomic E-state index is 12.4. The number of hydrogen-bond acceptors (Lipinski definition) is 5. The first-order valence-corrected chi connectivity index (χ1v) is 8.89. The van der Waals surface area contributed by atoms with Gasteiger partial charge in [-0.1, -0.05) is 41.9 Å². The first-order chi connectivity index (χ1) is 12.5. The number of thiazole rings is 1. The molecular weight excluding hydrogens is 374 g/mol. The van der Waals surface area contributed by atoms with E-state index in [0.29, 0.717) is 0 Å². The largest absolute Gasteiger partial charge is 0.347 e. The van der Waals surface area contributed by atoms with Gasteiger partial charge in [0.15, 0.2) is 0 Å². The number of carbonyl (C=O) groups is 1. The first-order valence-electron chi connectivity index (χ1n) is 7.69. The second-order valence-electron chi connectivity index (χ2n) is 5.49. The number of nitrogens with one attached hydrogen (secondary N) is 1. The highest BCUT2D eigenvalue weighted by molar-refractivity contribution is 7.15. The van der Waals surface area contributed by atoms with E-state index in [4.69, 9.17) is 11.6 Å². The van der Waals surface area contributed by atoms with E-state index >= 15 is 0 Å². The van der Waals surface area contributed by atoms with Crippen molar-refractivity contribution in [3.63, 3.8) is 0 Å². The van der Waals surface area contributed by atoms with Crippen LogP contribution >= 0.6 is 22.9 Å². The quantitative estimate of drug-likeness (QED) is 0.511. The number of hydrogen-bond donors (Lipinski definition) is 1. The van der Waals surface area contributed by atoms with Crippen molar-refractivity contribution in [2.45, 2.75) is 13.5 Å². The summed E-state index contributed by atoms with van der Waals surface area (Å²) < 4.78 is 0. The molecule has 132 valence electrons. The average molecular weight is 388 g/mol. The fourth-order valence-corrected chi connectivity index (χ4v) is 3.58. The number of nitro benzene ring substituents is 1. The molecule has 1 heterocycles. The Bertz CT molecular complexity index is 973. The lowest BCUT2D eigenvalue weighted by molar-refractivity contribution is -0.385. The number of halogens is 1. The standard InChI is InChI=1S/C18H14ClN3O3S/c1-11-16(26-18(21-11)12-5-3-2-4-6-12)10-20-17(23)14-9-13(19)7-8-15(14)22(24)25/h2-9H,10H2,1H3,(H,20,23). The fraction of sp³-hybridized carbons (Fsp3) is 0.111. The number of benzene rings is 2. The number of nitro groups is 1. The van der Waals surface area contributed by atoms with E-state index < -0.39 is 10.8 Å². The topological polar surface area (TPSA) is 85.1 Å². The van der Waals surface area contributed by atoms with Crippen LogP contribution in [0.25, 0.3) is 10.6 Å². The van der Waals surface area contributed by atoms with E-state index in [1.165, 1.54) is 29.5 Å². The van der Waals surface area contributed by atoms with E-state index in [2.05, 4.69) is 10.3 Å². The van der Waals surface area contributed by atoms with Gasteiger partial charge in [0, 0.05) is 21.5 Å². The van der Waals surface area contributed by atoms with Crippen molar-refractivity contribution in [1.82, 2.24) is 10.3 Å². The maximum atomic E-state index is 12.4. The summed E-state index contributed by atoms with van der Waals surface area (Å²) in [5, 5.41) is 14.9. The summed E-state index contributed by atoms with van der Waals surface area (Å²) in [6.45, 7) is 2.10. The number of aromatic nitrogens is 1. The Morgan fingerprint density at radius 2 is 2.00 bits per heavy atom. The van der Waals surface area contributed by atoms with Crippen LogP contribution in [0, 0.1) is 17.0 Å². The van der Waals surface area contributed by atoms with Crippen LogP contribution < -0.4 is 5.32 Å². The molecule has 0 unspecified atom stereocenters. The second kappa shape index (κ2) is 7.63. The Morgan fingerprint density at radius 1 is 1.27 bits per heavy atom. The zero-order valence-corrected chi connectivity index (χ0v) is 15.3. The molecule has 6 nitrogen and oxygen atoms in total. The minimum absolute atomic E-state index is 0.0621. The molecule has 3 aromatic rings. The minimum Gasteiger partial charge on any atom is -0.347 e. The molecule has 0 aliphatic carbocycles. The summed E-state index contributed by atoms with van der Waals surface area (Å²) in [5.74, 6) is -0.548. The molecule has 0 radical (unpaired) electrons. The van der Waals surface area contributed by atoms with Gasteiger partial charge < -0.3 is 5.32 Å². The molecule has 0 atom stereocenters. The van der Waals surface area contributed by atoms with Crippen LogP contribution in [0.2, 0.25) is 5.02 Å². The summed E-state index contributed by atoms with van der Waals surface area (Å²) in [7, 11) is 0. The van der Waals surface area contributed by atoms with Crippen LogP contribution in [-0.2, 0) is 6.54 Å². The summed E-state index contributed by atoms with van der Waals surface area (Å²) in [5.41, 5.74) is 1.48. The van der Waals surface area contributed by atoms with Crippen molar-refractivity contribution >= 4 is 34.5 Å². The SMILES string of the molecule is Cc1nc(-c2ccccc2)sc1CNC(=O)c1cc(Cl)ccc1[N+](=O)[O-]. The van der Waals surface area contributed by atoms with Crippen LogP contribution in [0.1, 0.15) is 20.9 Å². The summed E-state index contributed by atoms with van der Waals surface area (Å²) in [6.07, 6.45) is 0. The molecule has 2 aromatic carbocycles. The lowest BCUT2D eigenvalue weighted by atomic mass is 10.1. The molecule has 0 bridgehead atoms. The Labute approximate surface area is 158 Å². The van der Waals surface area contributed by atoms with Crippen molar-refractivity contribution in [3.05, 3.63) is 79.8 Å². The van der Waals surface area contributed by atoms with Crippen molar-refractivity contribution in [2.24, 2.45) is 0 Å². The summed E-state index contributed by atoms with van der Waals surface area (Å²) >= 11 is 7.35. The van der Waals surface area contributed by atoms with Gasteiger partial charge in [-0.2, -0.15) is 0 Å². The molecule has 1 aromatic heterocycles. The van der Waals surface area contributed by atoms with Crippen molar-refractivity contribution in [1.29, 1.82) is 0 Å². The molecular formula is C18H14ClN3O3S. The van der Waals surface area contributed by atoms with Crippen molar-refractivity contribution in [2.75, 3.05) is 0 Å². The lowest BCUT2D eigenvalue weighted by Crippen LogP contribution is -2.23.